The van der Waals surface area contributed by atoms with Gasteiger partial charge in [0.2, 0.25) is 5.91 Å². The molecule has 0 aliphatic rings. The molecule has 0 saturated heterocycles. The molecule has 0 unspecified atom stereocenters. The van der Waals surface area contributed by atoms with Crippen LogP contribution in [0.3, 0.4) is 0 Å². The highest BCUT2D eigenvalue weighted by atomic mass is 35.5. The Morgan fingerprint density at radius 1 is 1.10 bits per heavy atom. The third-order valence-corrected chi connectivity index (χ3v) is 5.24. The number of carbonyl (C=O) groups excluding carboxylic acids is 1. The molecule has 0 radical (unpaired) electrons. The Bertz CT molecular complexity index is 1010. The van der Waals surface area contributed by atoms with Crippen molar-refractivity contribution in [3.05, 3.63) is 52.5 Å². The zero-order chi connectivity index (χ0) is 21.5. The molecule has 0 aliphatic heterocycles. The van der Waals surface area contributed by atoms with E-state index in [-0.39, 0.29) is 17.8 Å². The predicted octanol–water partition coefficient (Wildman–Crippen LogP) is 5.99. The molecule has 1 N–H and O–H groups in total. The number of nitrogens with one attached hydrogen (secondary N) is 1. The SMILES string of the molecule is CCCCCOc1nc(-c2ccc(Cl)c(Cl)c2)n(-c2ccc(NC(=O)CCl)cc2)n1. The third-order valence-electron chi connectivity index (χ3n) is 4.26. The van der Waals surface area contributed by atoms with Gasteiger partial charge >= 0.3 is 6.01 Å². The van der Waals surface area contributed by atoms with Gasteiger partial charge in [0.1, 0.15) is 5.88 Å². The van der Waals surface area contributed by atoms with Gasteiger partial charge in [-0.05, 0) is 48.9 Å². The van der Waals surface area contributed by atoms with Crippen LogP contribution in [0.4, 0.5) is 5.69 Å². The maximum Gasteiger partial charge on any atom is 0.336 e. The molecule has 30 heavy (non-hydrogen) atoms. The average molecular weight is 468 g/mol. The standard InChI is InChI=1S/C21H21Cl3N4O2/c1-2-3-4-11-30-21-26-20(14-5-10-17(23)18(24)12-14)28(27-21)16-8-6-15(7-9-16)25-19(29)13-22/h5-10,12H,2-4,11,13H2,1H3,(H,25,29). The van der Waals surface area contributed by atoms with Crippen LogP contribution >= 0.6 is 34.8 Å². The van der Waals surface area contributed by atoms with Crippen molar-refractivity contribution in [2.45, 2.75) is 26.2 Å². The molecule has 2 aromatic carbocycles. The number of hydrogen-bond acceptors (Lipinski definition) is 4. The maximum absolute atomic E-state index is 11.5. The summed E-state index contributed by atoms with van der Waals surface area (Å²) in [5, 5.41) is 8.10. The molecule has 158 valence electrons. The second kappa shape index (κ2) is 10.7. The summed E-state index contributed by atoms with van der Waals surface area (Å²) in [4.78, 5) is 16.0. The lowest BCUT2D eigenvalue weighted by Gasteiger charge is -2.08. The highest BCUT2D eigenvalue weighted by Crippen LogP contribution is 2.30. The van der Waals surface area contributed by atoms with Crippen molar-refractivity contribution in [2.75, 3.05) is 17.8 Å². The number of alkyl halides is 1. The van der Waals surface area contributed by atoms with Crippen molar-refractivity contribution >= 4 is 46.4 Å². The van der Waals surface area contributed by atoms with Crippen LogP contribution < -0.4 is 10.1 Å². The molecule has 3 aromatic rings. The number of unbranched alkanes of at least 4 members (excludes halogenated alkanes) is 2. The van der Waals surface area contributed by atoms with E-state index in [2.05, 4.69) is 22.3 Å². The van der Waals surface area contributed by atoms with Gasteiger partial charge in [-0.1, -0.05) is 43.0 Å². The Morgan fingerprint density at radius 3 is 2.53 bits per heavy atom. The molecule has 0 aliphatic carbocycles. The van der Waals surface area contributed by atoms with E-state index in [1.807, 2.05) is 18.2 Å². The Kier molecular flexibility index (Phi) is 7.96. The first-order valence-electron chi connectivity index (χ1n) is 9.53. The topological polar surface area (TPSA) is 69.0 Å². The molecule has 0 atom stereocenters. The number of ether oxygens (including phenoxy) is 1. The van der Waals surface area contributed by atoms with E-state index in [0.29, 0.717) is 28.2 Å². The molecular formula is C21H21Cl3N4O2. The van der Waals surface area contributed by atoms with Crippen LogP contribution in [0.2, 0.25) is 10.0 Å². The summed E-state index contributed by atoms with van der Waals surface area (Å²) in [7, 11) is 0. The fourth-order valence-corrected chi connectivity index (χ4v) is 3.12. The molecule has 1 aromatic heterocycles. The number of benzene rings is 2. The zero-order valence-corrected chi connectivity index (χ0v) is 18.6. The fourth-order valence-electron chi connectivity index (χ4n) is 2.75. The number of amides is 1. The Hall–Kier alpha value is -2.28. The van der Waals surface area contributed by atoms with Crippen LogP contribution in [-0.4, -0.2) is 33.2 Å². The van der Waals surface area contributed by atoms with Gasteiger partial charge in [0.05, 0.1) is 22.3 Å². The van der Waals surface area contributed by atoms with E-state index in [9.17, 15) is 4.79 Å². The van der Waals surface area contributed by atoms with Gasteiger partial charge in [-0.3, -0.25) is 4.79 Å². The van der Waals surface area contributed by atoms with Gasteiger partial charge in [-0.25, -0.2) is 4.68 Å². The number of hydrogen-bond donors (Lipinski definition) is 1. The van der Waals surface area contributed by atoms with Crippen molar-refractivity contribution in [2.24, 2.45) is 0 Å². The first-order chi connectivity index (χ1) is 14.5. The normalized spacial score (nSPS) is 10.8. The summed E-state index contributed by atoms with van der Waals surface area (Å²) >= 11 is 17.8. The smallest absolute Gasteiger partial charge is 0.336 e. The Labute approximate surface area is 190 Å². The van der Waals surface area contributed by atoms with Gasteiger partial charge < -0.3 is 10.1 Å². The zero-order valence-electron chi connectivity index (χ0n) is 16.4. The molecule has 0 saturated carbocycles. The number of nitrogens with zero attached hydrogens (tertiary/aromatic N) is 3. The van der Waals surface area contributed by atoms with Crippen molar-refractivity contribution < 1.29 is 9.53 Å². The number of anilines is 1. The quantitative estimate of drug-likeness (QED) is 0.310. The average Bonchev–Trinajstić information content (AvgIpc) is 3.18. The first kappa shape index (κ1) is 22.4. The van der Waals surface area contributed by atoms with Crippen LogP contribution in [0.5, 0.6) is 6.01 Å². The van der Waals surface area contributed by atoms with Gasteiger partial charge in [-0.2, -0.15) is 4.98 Å². The lowest BCUT2D eigenvalue weighted by Crippen LogP contribution is -2.12. The van der Waals surface area contributed by atoms with Crippen LogP contribution in [0, 0.1) is 0 Å². The lowest BCUT2D eigenvalue weighted by atomic mass is 10.2. The monoisotopic (exact) mass is 466 g/mol. The fraction of sp³-hybridized carbons (Fsp3) is 0.286. The van der Waals surface area contributed by atoms with Crippen LogP contribution in [0.15, 0.2) is 42.5 Å². The Morgan fingerprint density at radius 2 is 1.87 bits per heavy atom. The minimum atomic E-state index is -0.274. The van der Waals surface area contributed by atoms with Crippen molar-refractivity contribution in [1.29, 1.82) is 0 Å². The largest absolute Gasteiger partial charge is 0.462 e. The van der Waals surface area contributed by atoms with E-state index in [4.69, 9.17) is 39.5 Å². The van der Waals surface area contributed by atoms with Gasteiger partial charge in [0.15, 0.2) is 5.82 Å². The van der Waals surface area contributed by atoms with Crippen LogP contribution in [0.1, 0.15) is 26.2 Å². The van der Waals surface area contributed by atoms with E-state index in [1.165, 1.54) is 0 Å². The highest BCUT2D eigenvalue weighted by Gasteiger charge is 2.16. The summed E-state index contributed by atoms with van der Waals surface area (Å²) in [5.74, 6) is 0.187. The maximum atomic E-state index is 11.5. The van der Waals surface area contributed by atoms with Gasteiger partial charge in [0.25, 0.3) is 0 Å². The van der Waals surface area contributed by atoms with Crippen molar-refractivity contribution in [1.82, 2.24) is 14.8 Å². The third kappa shape index (κ3) is 5.65. The number of aromatic nitrogens is 3. The molecule has 1 amide bonds. The van der Waals surface area contributed by atoms with Crippen molar-refractivity contribution in [3.8, 4) is 23.1 Å². The molecular weight excluding hydrogens is 447 g/mol. The second-order valence-corrected chi connectivity index (χ2v) is 7.62. The summed E-state index contributed by atoms with van der Waals surface area (Å²) in [6.07, 6.45) is 3.12. The van der Waals surface area contributed by atoms with E-state index in [0.717, 1.165) is 30.5 Å². The molecule has 3 rings (SSSR count). The predicted molar refractivity (Wildman–Crippen MR) is 121 cm³/mol. The molecule has 1 heterocycles. The van der Waals surface area contributed by atoms with E-state index >= 15 is 0 Å². The lowest BCUT2D eigenvalue weighted by molar-refractivity contribution is -0.113. The first-order valence-corrected chi connectivity index (χ1v) is 10.8. The minimum Gasteiger partial charge on any atom is -0.462 e. The van der Waals surface area contributed by atoms with Gasteiger partial charge in [0, 0.05) is 11.3 Å². The second-order valence-electron chi connectivity index (χ2n) is 6.54. The van der Waals surface area contributed by atoms with Crippen LogP contribution in [0.25, 0.3) is 17.1 Å². The number of carbonyl (C=O) groups is 1. The highest BCUT2D eigenvalue weighted by molar-refractivity contribution is 6.42. The molecule has 0 bridgehead atoms. The number of halogens is 3. The summed E-state index contributed by atoms with van der Waals surface area (Å²) in [5.41, 5.74) is 2.13. The molecule has 0 spiro atoms. The van der Waals surface area contributed by atoms with Crippen LogP contribution in [-0.2, 0) is 4.79 Å². The summed E-state index contributed by atoms with van der Waals surface area (Å²) < 4.78 is 7.41. The Balaban J connectivity index is 1.93. The molecule has 9 heteroatoms. The van der Waals surface area contributed by atoms with E-state index < -0.39 is 0 Å². The van der Waals surface area contributed by atoms with Crippen molar-refractivity contribution in [3.63, 3.8) is 0 Å². The summed E-state index contributed by atoms with van der Waals surface area (Å²) in [6.45, 7) is 2.68. The minimum absolute atomic E-state index is 0.106. The summed E-state index contributed by atoms with van der Waals surface area (Å²) in [6, 6.07) is 12.7. The molecule has 6 nitrogen and oxygen atoms in total. The van der Waals surface area contributed by atoms with E-state index in [1.54, 1.807) is 28.9 Å². The van der Waals surface area contributed by atoms with Gasteiger partial charge in [-0.15, -0.1) is 16.7 Å². The number of rotatable bonds is 9. The molecule has 0 fully saturated rings.